The standard InChI is InChI=1S/C20H21ClFNO3/c1-23(13-14-8-9-18(26-2)17(22)12-14)20(25)19(21)16(10-11-24)15-6-4-3-5-7-15/h3-9,11-12,16,19H,10,13H2,1-2H3. The summed E-state index contributed by atoms with van der Waals surface area (Å²) in [5.74, 6) is -1.08. The van der Waals surface area contributed by atoms with E-state index in [-0.39, 0.29) is 24.6 Å². The van der Waals surface area contributed by atoms with Crippen LogP contribution in [-0.4, -0.2) is 36.6 Å². The van der Waals surface area contributed by atoms with E-state index in [2.05, 4.69) is 0 Å². The Balaban J connectivity index is 2.12. The molecule has 0 aliphatic rings. The predicted octanol–water partition coefficient (Wildman–Crippen LogP) is 3.77. The van der Waals surface area contributed by atoms with Gasteiger partial charge in [0, 0.05) is 25.9 Å². The van der Waals surface area contributed by atoms with Crippen molar-refractivity contribution in [1.29, 1.82) is 0 Å². The third-order valence-electron chi connectivity index (χ3n) is 4.18. The molecule has 138 valence electrons. The zero-order valence-electron chi connectivity index (χ0n) is 14.7. The number of carbonyl (C=O) groups excluding carboxylic acids is 2. The fraction of sp³-hybridized carbons (Fsp3) is 0.300. The molecule has 2 atom stereocenters. The summed E-state index contributed by atoms with van der Waals surface area (Å²) in [6, 6.07) is 13.7. The minimum Gasteiger partial charge on any atom is -0.494 e. The lowest BCUT2D eigenvalue weighted by molar-refractivity contribution is -0.130. The van der Waals surface area contributed by atoms with Gasteiger partial charge in [0.05, 0.1) is 7.11 Å². The summed E-state index contributed by atoms with van der Waals surface area (Å²) < 4.78 is 18.7. The number of hydrogen-bond acceptors (Lipinski definition) is 3. The Bertz CT molecular complexity index is 754. The van der Waals surface area contributed by atoms with E-state index in [4.69, 9.17) is 16.3 Å². The summed E-state index contributed by atoms with van der Waals surface area (Å²) in [6.07, 6.45) is 0.911. The lowest BCUT2D eigenvalue weighted by Crippen LogP contribution is -2.36. The first-order chi connectivity index (χ1) is 12.5. The second-order valence-electron chi connectivity index (χ2n) is 5.98. The molecule has 2 rings (SSSR count). The first-order valence-electron chi connectivity index (χ1n) is 8.18. The van der Waals surface area contributed by atoms with Gasteiger partial charge in [-0.2, -0.15) is 0 Å². The van der Waals surface area contributed by atoms with Crippen LogP contribution >= 0.6 is 11.6 Å². The molecule has 26 heavy (non-hydrogen) atoms. The summed E-state index contributed by atoms with van der Waals surface area (Å²) >= 11 is 6.41. The summed E-state index contributed by atoms with van der Waals surface area (Å²) in [5.41, 5.74) is 1.45. The number of halogens is 2. The lowest BCUT2D eigenvalue weighted by atomic mass is 9.92. The van der Waals surface area contributed by atoms with Crippen molar-refractivity contribution in [1.82, 2.24) is 4.90 Å². The molecular formula is C20H21ClFNO3. The fourth-order valence-corrected chi connectivity index (χ4v) is 3.19. The number of methoxy groups -OCH3 is 1. The zero-order valence-corrected chi connectivity index (χ0v) is 15.4. The maximum absolute atomic E-state index is 13.8. The van der Waals surface area contributed by atoms with Crippen molar-refractivity contribution in [3.8, 4) is 5.75 Å². The van der Waals surface area contributed by atoms with E-state index in [1.807, 2.05) is 30.3 Å². The first kappa shape index (κ1) is 19.9. The molecule has 0 saturated heterocycles. The van der Waals surface area contributed by atoms with Crippen LogP contribution in [0.2, 0.25) is 0 Å². The van der Waals surface area contributed by atoms with Gasteiger partial charge in [0.1, 0.15) is 11.7 Å². The van der Waals surface area contributed by atoms with Crippen LogP contribution in [-0.2, 0) is 16.1 Å². The van der Waals surface area contributed by atoms with Gasteiger partial charge in [0.15, 0.2) is 11.6 Å². The van der Waals surface area contributed by atoms with Crippen LogP contribution < -0.4 is 4.74 Å². The molecule has 0 aliphatic carbocycles. The summed E-state index contributed by atoms with van der Waals surface area (Å²) in [4.78, 5) is 25.2. The molecule has 0 N–H and O–H groups in total. The lowest BCUT2D eigenvalue weighted by Gasteiger charge is -2.25. The average molecular weight is 378 g/mol. The number of nitrogens with zero attached hydrogens (tertiary/aromatic N) is 1. The van der Waals surface area contributed by atoms with Crippen LogP contribution in [0.4, 0.5) is 4.39 Å². The molecule has 0 bridgehead atoms. The van der Waals surface area contributed by atoms with Crippen LogP contribution in [0.15, 0.2) is 48.5 Å². The van der Waals surface area contributed by atoms with Crippen molar-refractivity contribution in [2.24, 2.45) is 0 Å². The van der Waals surface area contributed by atoms with E-state index < -0.39 is 17.1 Å². The van der Waals surface area contributed by atoms with Gasteiger partial charge in [-0.15, -0.1) is 11.6 Å². The van der Waals surface area contributed by atoms with Crippen LogP contribution in [0.25, 0.3) is 0 Å². The van der Waals surface area contributed by atoms with Gasteiger partial charge in [0.25, 0.3) is 0 Å². The number of hydrogen-bond donors (Lipinski definition) is 0. The van der Waals surface area contributed by atoms with E-state index in [0.717, 1.165) is 11.8 Å². The Labute approximate surface area is 157 Å². The quantitative estimate of drug-likeness (QED) is 0.519. The highest BCUT2D eigenvalue weighted by Crippen LogP contribution is 2.28. The zero-order chi connectivity index (χ0) is 19.1. The Morgan fingerprint density at radius 2 is 1.96 bits per heavy atom. The SMILES string of the molecule is COc1ccc(CN(C)C(=O)C(Cl)C(CC=O)c2ccccc2)cc1F. The highest BCUT2D eigenvalue weighted by Gasteiger charge is 2.29. The van der Waals surface area contributed by atoms with Crippen molar-refractivity contribution in [2.45, 2.75) is 24.3 Å². The molecule has 0 saturated carbocycles. The van der Waals surface area contributed by atoms with Gasteiger partial charge in [-0.05, 0) is 23.3 Å². The largest absolute Gasteiger partial charge is 0.494 e. The number of amides is 1. The van der Waals surface area contributed by atoms with E-state index in [9.17, 15) is 14.0 Å². The van der Waals surface area contributed by atoms with Crippen molar-refractivity contribution in [3.63, 3.8) is 0 Å². The summed E-state index contributed by atoms with van der Waals surface area (Å²) in [7, 11) is 2.99. The molecule has 2 unspecified atom stereocenters. The Morgan fingerprint density at radius 3 is 2.54 bits per heavy atom. The van der Waals surface area contributed by atoms with E-state index in [1.165, 1.54) is 24.1 Å². The Morgan fingerprint density at radius 1 is 1.27 bits per heavy atom. The second-order valence-corrected chi connectivity index (χ2v) is 6.45. The van der Waals surface area contributed by atoms with Crippen molar-refractivity contribution in [3.05, 3.63) is 65.5 Å². The van der Waals surface area contributed by atoms with Gasteiger partial charge in [-0.3, -0.25) is 4.79 Å². The molecule has 4 nitrogen and oxygen atoms in total. The third kappa shape index (κ3) is 4.82. The van der Waals surface area contributed by atoms with Crippen LogP contribution in [0.3, 0.4) is 0 Å². The van der Waals surface area contributed by atoms with Crippen molar-refractivity contribution < 1.29 is 18.7 Å². The van der Waals surface area contributed by atoms with Gasteiger partial charge in [-0.25, -0.2) is 4.39 Å². The minimum absolute atomic E-state index is 0.146. The van der Waals surface area contributed by atoms with E-state index in [0.29, 0.717) is 5.56 Å². The highest BCUT2D eigenvalue weighted by molar-refractivity contribution is 6.31. The van der Waals surface area contributed by atoms with Crippen LogP contribution in [0.1, 0.15) is 23.5 Å². The summed E-state index contributed by atoms with van der Waals surface area (Å²) in [6.45, 7) is 0.200. The summed E-state index contributed by atoms with van der Waals surface area (Å²) in [5, 5.41) is -0.893. The smallest absolute Gasteiger partial charge is 0.241 e. The molecule has 0 aromatic heterocycles. The Hall–Kier alpha value is -2.40. The number of aldehydes is 1. The normalized spacial score (nSPS) is 12.9. The molecule has 2 aromatic carbocycles. The van der Waals surface area contributed by atoms with Crippen molar-refractivity contribution >= 4 is 23.8 Å². The maximum atomic E-state index is 13.8. The van der Waals surface area contributed by atoms with Gasteiger partial charge in [0.2, 0.25) is 5.91 Å². The molecule has 0 radical (unpaired) electrons. The van der Waals surface area contributed by atoms with E-state index >= 15 is 0 Å². The number of benzene rings is 2. The molecule has 0 aliphatic heterocycles. The highest BCUT2D eigenvalue weighted by atomic mass is 35.5. The van der Waals surface area contributed by atoms with E-state index in [1.54, 1.807) is 13.1 Å². The van der Waals surface area contributed by atoms with Crippen molar-refractivity contribution in [2.75, 3.05) is 14.2 Å². The third-order valence-corrected chi connectivity index (χ3v) is 4.67. The molecule has 0 spiro atoms. The van der Waals surface area contributed by atoms with Gasteiger partial charge < -0.3 is 14.4 Å². The predicted molar refractivity (Wildman–Crippen MR) is 98.9 cm³/mol. The molecule has 0 fully saturated rings. The Kier molecular flexibility index (Phi) is 7.16. The molecule has 6 heteroatoms. The molecule has 1 amide bonds. The maximum Gasteiger partial charge on any atom is 0.241 e. The molecular weight excluding hydrogens is 357 g/mol. The average Bonchev–Trinajstić information content (AvgIpc) is 2.65. The second kappa shape index (κ2) is 9.34. The first-order valence-corrected chi connectivity index (χ1v) is 8.61. The number of rotatable bonds is 8. The van der Waals surface area contributed by atoms with Crippen LogP contribution in [0.5, 0.6) is 5.75 Å². The van der Waals surface area contributed by atoms with Gasteiger partial charge >= 0.3 is 0 Å². The topological polar surface area (TPSA) is 46.6 Å². The fourth-order valence-electron chi connectivity index (χ4n) is 2.77. The monoisotopic (exact) mass is 377 g/mol. The number of ether oxygens (including phenoxy) is 1. The van der Waals surface area contributed by atoms with Crippen LogP contribution in [0, 0.1) is 5.82 Å². The minimum atomic E-state index is -0.893. The molecule has 2 aromatic rings. The number of carbonyl (C=O) groups is 2. The molecule has 0 heterocycles. The number of alkyl halides is 1. The van der Waals surface area contributed by atoms with Gasteiger partial charge in [-0.1, -0.05) is 36.4 Å².